The van der Waals surface area contributed by atoms with Gasteiger partial charge in [0.1, 0.15) is 5.69 Å². The zero-order valence-corrected chi connectivity index (χ0v) is 9.17. The molecule has 0 saturated heterocycles. The number of thiazole rings is 1. The van der Waals surface area contributed by atoms with Gasteiger partial charge in [0.25, 0.3) is 5.91 Å². The first-order chi connectivity index (χ1) is 7.22. The number of amides is 1. The van der Waals surface area contributed by atoms with Crippen molar-refractivity contribution in [2.45, 2.75) is 25.8 Å². The SMILES string of the molecule is Cc1cn2cc(C(=O)NC3CC3)nc2s1. The fourth-order valence-electron chi connectivity index (χ4n) is 1.51. The molecule has 2 heterocycles. The second kappa shape index (κ2) is 3.06. The molecule has 1 saturated carbocycles. The van der Waals surface area contributed by atoms with Gasteiger partial charge >= 0.3 is 0 Å². The van der Waals surface area contributed by atoms with Gasteiger partial charge in [-0.25, -0.2) is 4.98 Å². The van der Waals surface area contributed by atoms with E-state index in [-0.39, 0.29) is 5.91 Å². The molecule has 1 aliphatic rings. The third-order valence-corrected chi connectivity index (χ3v) is 3.33. The summed E-state index contributed by atoms with van der Waals surface area (Å²) in [5.41, 5.74) is 0.521. The first kappa shape index (κ1) is 8.91. The van der Waals surface area contributed by atoms with Crippen LogP contribution >= 0.6 is 11.3 Å². The maximum atomic E-state index is 11.7. The van der Waals surface area contributed by atoms with Crippen molar-refractivity contribution >= 4 is 22.2 Å². The monoisotopic (exact) mass is 221 g/mol. The highest BCUT2D eigenvalue weighted by Crippen LogP contribution is 2.20. The van der Waals surface area contributed by atoms with Crippen molar-refractivity contribution in [3.8, 4) is 0 Å². The van der Waals surface area contributed by atoms with Gasteiger partial charge in [0.15, 0.2) is 4.96 Å². The molecule has 78 valence electrons. The largest absolute Gasteiger partial charge is 0.348 e. The van der Waals surface area contributed by atoms with E-state index in [0.29, 0.717) is 11.7 Å². The molecule has 2 aromatic rings. The molecule has 5 heteroatoms. The van der Waals surface area contributed by atoms with Gasteiger partial charge in [0.05, 0.1) is 0 Å². The highest BCUT2D eigenvalue weighted by molar-refractivity contribution is 7.17. The Morgan fingerprint density at radius 3 is 3.07 bits per heavy atom. The van der Waals surface area contributed by atoms with Crippen molar-refractivity contribution < 1.29 is 4.79 Å². The topological polar surface area (TPSA) is 46.4 Å². The zero-order valence-electron chi connectivity index (χ0n) is 8.36. The first-order valence-corrected chi connectivity index (χ1v) is 5.80. The number of imidazole rings is 1. The van der Waals surface area contributed by atoms with Gasteiger partial charge in [0.2, 0.25) is 0 Å². The van der Waals surface area contributed by atoms with Crippen LogP contribution in [-0.2, 0) is 0 Å². The van der Waals surface area contributed by atoms with Crippen molar-refractivity contribution in [2.75, 3.05) is 0 Å². The van der Waals surface area contributed by atoms with Crippen LogP contribution in [0, 0.1) is 6.92 Å². The van der Waals surface area contributed by atoms with Gasteiger partial charge in [0, 0.05) is 23.3 Å². The predicted octanol–water partition coefficient (Wildman–Crippen LogP) is 1.60. The molecule has 1 N–H and O–H groups in total. The van der Waals surface area contributed by atoms with Crippen LogP contribution < -0.4 is 5.32 Å². The summed E-state index contributed by atoms with van der Waals surface area (Å²) in [4.78, 5) is 18.0. The molecule has 0 spiro atoms. The Balaban J connectivity index is 1.89. The smallest absolute Gasteiger partial charge is 0.271 e. The summed E-state index contributed by atoms with van der Waals surface area (Å²) in [6, 6.07) is 0.388. The molecule has 0 aliphatic heterocycles. The number of rotatable bonds is 2. The standard InChI is InChI=1S/C10H11N3OS/c1-6-4-13-5-8(12-10(13)15-6)9(14)11-7-2-3-7/h4-5,7H,2-3H2,1H3,(H,11,14). The molecule has 15 heavy (non-hydrogen) atoms. The summed E-state index contributed by atoms with van der Waals surface area (Å²) in [5, 5.41) is 2.93. The van der Waals surface area contributed by atoms with Crippen LogP contribution in [-0.4, -0.2) is 21.3 Å². The lowest BCUT2D eigenvalue weighted by Gasteiger charge is -1.97. The summed E-state index contributed by atoms with van der Waals surface area (Å²) in [6.45, 7) is 2.03. The van der Waals surface area contributed by atoms with E-state index in [1.165, 1.54) is 4.88 Å². The quantitative estimate of drug-likeness (QED) is 0.837. The van der Waals surface area contributed by atoms with Gasteiger partial charge in [-0.1, -0.05) is 0 Å². The lowest BCUT2D eigenvalue weighted by Crippen LogP contribution is -2.25. The van der Waals surface area contributed by atoms with Crippen LogP contribution in [0.1, 0.15) is 28.2 Å². The zero-order chi connectivity index (χ0) is 10.4. The van der Waals surface area contributed by atoms with E-state index in [4.69, 9.17) is 0 Å². The number of carbonyl (C=O) groups excluding carboxylic acids is 1. The Hall–Kier alpha value is -1.36. The molecule has 1 amide bonds. The van der Waals surface area contributed by atoms with E-state index in [1.807, 2.05) is 17.5 Å². The van der Waals surface area contributed by atoms with E-state index >= 15 is 0 Å². The number of nitrogens with zero attached hydrogens (tertiary/aromatic N) is 2. The number of hydrogen-bond acceptors (Lipinski definition) is 3. The van der Waals surface area contributed by atoms with Crippen LogP contribution in [0.2, 0.25) is 0 Å². The second-order valence-electron chi connectivity index (χ2n) is 3.91. The molecule has 1 fully saturated rings. The van der Waals surface area contributed by atoms with E-state index < -0.39 is 0 Å². The third-order valence-electron chi connectivity index (χ3n) is 2.42. The van der Waals surface area contributed by atoms with Gasteiger partial charge < -0.3 is 5.32 Å². The van der Waals surface area contributed by atoms with E-state index in [0.717, 1.165) is 17.8 Å². The highest BCUT2D eigenvalue weighted by atomic mass is 32.1. The number of aromatic nitrogens is 2. The molecule has 3 rings (SSSR count). The van der Waals surface area contributed by atoms with Gasteiger partial charge in [-0.2, -0.15) is 0 Å². The van der Waals surface area contributed by atoms with Crippen LogP contribution in [0.15, 0.2) is 12.4 Å². The molecular formula is C10H11N3OS. The molecule has 2 aromatic heterocycles. The molecule has 4 nitrogen and oxygen atoms in total. The summed E-state index contributed by atoms with van der Waals surface area (Å²) in [5.74, 6) is -0.0500. The third kappa shape index (κ3) is 1.63. The number of hydrogen-bond donors (Lipinski definition) is 1. The lowest BCUT2D eigenvalue weighted by molar-refractivity contribution is 0.0946. The van der Waals surface area contributed by atoms with E-state index in [9.17, 15) is 4.79 Å². The summed E-state index contributed by atoms with van der Waals surface area (Å²) < 4.78 is 1.90. The van der Waals surface area contributed by atoms with Crippen LogP contribution in [0.5, 0.6) is 0 Å². The Bertz CT molecular complexity index is 492. The van der Waals surface area contributed by atoms with Crippen LogP contribution in [0.25, 0.3) is 4.96 Å². The molecule has 0 bridgehead atoms. The van der Waals surface area contributed by atoms with E-state index in [1.54, 1.807) is 17.5 Å². The van der Waals surface area contributed by atoms with Crippen LogP contribution in [0.3, 0.4) is 0 Å². The highest BCUT2D eigenvalue weighted by Gasteiger charge is 2.24. The van der Waals surface area contributed by atoms with Crippen molar-refractivity contribution in [2.24, 2.45) is 0 Å². The number of carbonyl (C=O) groups is 1. The lowest BCUT2D eigenvalue weighted by atomic mass is 10.4. The molecule has 1 aliphatic carbocycles. The normalized spacial score (nSPS) is 15.8. The van der Waals surface area contributed by atoms with Crippen molar-refractivity contribution in [1.29, 1.82) is 0 Å². The Morgan fingerprint density at radius 1 is 1.60 bits per heavy atom. The molecular weight excluding hydrogens is 210 g/mol. The maximum Gasteiger partial charge on any atom is 0.271 e. The molecule has 0 aromatic carbocycles. The summed E-state index contributed by atoms with van der Waals surface area (Å²) in [6.07, 6.45) is 5.98. The van der Waals surface area contributed by atoms with Crippen molar-refractivity contribution in [3.05, 3.63) is 23.0 Å². The summed E-state index contributed by atoms with van der Waals surface area (Å²) in [7, 11) is 0. The Kier molecular flexibility index (Phi) is 1.82. The minimum absolute atomic E-state index is 0.0500. The Labute approximate surface area is 90.9 Å². The average molecular weight is 221 g/mol. The van der Waals surface area contributed by atoms with E-state index in [2.05, 4.69) is 10.3 Å². The fourth-order valence-corrected chi connectivity index (χ4v) is 2.32. The number of fused-ring (bicyclic) bond motifs is 1. The van der Waals surface area contributed by atoms with Gasteiger partial charge in [-0.05, 0) is 19.8 Å². The van der Waals surface area contributed by atoms with Gasteiger partial charge in [-0.3, -0.25) is 9.20 Å². The second-order valence-corrected chi connectivity index (χ2v) is 5.12. The fraction of sp³-hybridized carbons (Fsp3) is 0.400. The minimum atomic E-state index is -0.0500. The van der Waals surface area contributed by atoms with Crippen molar-refractivity contribution in [1.82, 2.24) is 14.7 Å². The minimum Gasteiger partial charge on any atom is -0.348 e. The van der Waals surface area contributed by atoms with Gasteiger partial charge in [-0.15, -0.1) is 11.3 Å². The van der Waals surface area contributed by atoms with Crippen LogP contribution in [0.4, 0.5) is 0 Å². The first-order valence-electron chi connectivity index (χ1n) is 4.98. The maximum absolute atomic E-state index is 11.7. The number of aryl methyl sites for hydroxylation is 1. The average Bonchev–Trinajstić information content (AvgIpc) is 2.78. The Morgan fingerprint density at radius 2 is 2.40 bits per heavy atom. The van der Waals surface area contributed by atoms with Crippen molar-refractivity contribution in [3.63, 3.8) is 0 Å². The molecule has 0 atom stereocenters. The predicted molar refractivity (Wildman–Crippen MR) is 58.3 cm³/mol. The number of nitrogens with one attached hydrogen (secondary N) is 1. The molecule has 0 radical (unpaired) electrons. The summed E-state index contributed by atoms with van der Waals surface area (Å²) >= 11 is 1.60. The molecule has 0 unspecified atom stereocenters.